The lowest BCUT2D eigenvalue weighted by Gasteiger charge is -2.10. The van der Waals surface area contributed by atoms with Crippen LogP contribution < -0.4 is 0 Å². The second kappa shape index (κ2) is 9.06. The van der Waals surface area contributed by atoms with Crippen LogP contribution in [0.15, 0.2) is 132 Å². The molecule has 0 N–H and O–H groups in total. The van der Waals surface area contributed by atoms with Crippen molar-refractivity contribution in [1.29, 1.82) is 0 Å². The summed E-state index contributed by atoms with van der Waals surface area (Å²) in [6.45, 7) is 0. The largest absolute Gasteiger partial charge is 0.456 e. The van der Waals surface area contributed by atoms with Gasteiger partial charge in [-0.3, -0.25) is 0 Å². The number of hydrogen-bond acceptors (Lipinski definition) is 5. The predicted octanol–water partition coefficient (Wildman–Crippen LogP) is 10.3. The first-order valence-electron chi connectivity index (χ1n) is 16.0. The average molecular weight is 561 g/mol. The zero-order chi connectivity index (χ0) is 32.0. The molecule has 0 radical (unpaired) electrons. The summed E-state index contributed by atoms with van der Waals surface area (Å²) in [5.74, 6) is 0.629. The summed E-state index contributed by atoms with van der Waals surface area (Å²) in [5.41, 5.74) is 2.73. The van der Waals surface area contributed by atoms with E-state index < -0.39 is 18.1 Å². The maximum absolute atomic E-state index is 8.74. The van der Waals surface area contributed by atoms with Gasteiger partial charge in [-0.15, -0.1) is 11.3 Å². The molecule has 4 nitrogen and oxygen atoms in total. The van der Waals surface area contributed by atoms with Crippen molar-refractivity contribution in [2.45, 2.75) is 0 Å². The van der Waals surface area contributed by atoms with Gasteiger partial charge in [0.15, 0.2) is 17.5 Å². The molecule has 42 heavy (non-hydrogen) atoms. The van der Waals surface area contributed by atoms with Gasteiger partial charge in [-0.2, -0.15) is 0 Å². The van der Waals surface area contributed by atoms with Crippen LogP contribution in [-0.4, -0.2) is 15.0 Å². The van der Waals surface area contributed by atoms with E-state index in [4.69, 9.17) is 26.2 Å². The van der Waals surface area contributed by atoms with Crippen LogP contribution in [0.25, 0.3) is 87.0 Å². The van der Waals surface area contributed by atoms with Gasteiger partial charge in [-0.25, -0.2) is 15.0 Å². The van der Waals surface area contributed by atoms with Gasteiger partial charge >= 0.3 is 0 Å². The Morgan fingerprint density at radius 1 is 0.548 bits per heavy atom. The maximum atomic E-state index is 8.74. The van der Waals surface area contributed by atoms with Gasteiger partial charge in [0.05, 0.1) is 6.85 Å². The molecule has 0 saturated heterocycles. The number of nitrogens with zero attached hydrogens (tertiary/aromatic N) is 3. The van der Waals surface area contributed by atoms with Crippen LogP contribution in [0, 0.1) is 0 Å². The standard InChI is InChI=1S/C37H21N3OS/c1-2-10-22(11-3-1)35-38-36(40-37(39-35)27-16-9-19-32-34(27)25-14-6-7-18-31(25)42-32)26-15-8-17-29-33(26)28-20-23-12-4-5-13-24(23)21-30(28)41-29/h1-21H/i1D,2D,3D,10D,11D. The van der Waals surface area contributed by atoms with Crippen LogP contribution in [0.1, 0.15) is 6.85 Å². The van der Waals surface area contributed by atoms with Crippen molar-refractivity contribution >= 4 is 64.2 Å². The van der Waals surface area contributed by atoms with Gasteiger partial charge in [0, 0.05) is 47.6 Å². The molecule has 0 unspecified atom stereocenters. The summed E-state index contributed by atoms with van der Waals surface area (Å²) in [6, 6.07) is 29.9. The Bertz CT molecular complexity index is 2740. The first-order valence-corrected chi connectivity index (χ1v) is 14.3. The molecule has 196 valence electrons. The van der Waals surface area contributed by atoms with Gasteiger partial charge in [0.2, 0.25) is 0 Å². The van der Waals surface area contributed by atoms with E-state index >= 15 is 0 Å². The lowest BCUT2D eigenvalue weighted by Crippen LogP contribution is -2.00. The molecule has 3 aromatic heterocycles. The van der Waals surface area contributed by atoms with Crippen molar-refractivity contribution in [3.63, 3.8) is 0 Å². The van der Waals surface area contributed by atoms with Gasteiger partial charge in [0.25, 0.3) is 0 Å². The molecule has 0 aliphatic heterocycles. The topological polar surface area (TPSA) is 51.8 Å². The fraction of sp³-hybridized carbons (Fsp3) is 0. The minimum atomic E-state index is -0.477. The number of rotatable bonds is 3. The van der Waals surface area contributed by atoms with E-state index in [1.54, 1.807) is 11.3 Å². The smallest absolute Gasteiger partial charge is 0.164 e. The number of fused-ring (bicyclic) bond motifs is 7. The highest BCUT2D eigenvalue weighted by Gasteiger charge is 2.20. The maximum Gasteiger partial charge on any atom is 0.164 e. The highest BCUT2D eigenvalue weighted by molar-refractivity contribution is 7.25. The zero-order valence-electron chi connectivity index (χ0n) is 26.9. The minimum absolute atomic E-state index is 0.00575. The minimum Gasteiger partial charge on any atom is -0.456 e. The number of furan rings is 1. The Morgan fingerprint density at radius 3 is 2.05 bits per heavy atom. The lowest BCUT2D eigenvalue weighted by atomic mass is 10.0. The fourth-order valence-electron chi connectivity index (χ4n) is 5.75. The van der Waals surface area contributed by atoms with Crippen molar-refractivity contribution < 1.29 is 11.3 Å². The second-order valence-electron chi connectivity index (χ2n) is 10.1. The lowest BCUT2D eigenvalue weighted by molar-refractivity contribution is 0.669. The van der Waals surface area contributed by atoms with Gasteiger partial charge in [-0.05, 0) is 41.1 Å². The highest BCUT2D eigenvalue weighted by atomic mass is 32.1. The number of benzene rings is 6. The molecule has 0 aliphatic carbocycles. The molecule has 0 spiro atoms. The van der Waals surface area contributed by atoms with Gasteiger partial charge in [-0.1, -0.05) is 96.9 Å². The normalized spacial score (nSPS) is 13.5. The number of thiophene rings is 1. The third kappa shape index (κ3) is 3.57. The highest BCUT2D eigenvalue weighted by Crippen LogP contribution is 2.41. The SMILES string of the molecule is [2H]c1c([2H])c([2H])c(-c2nc(-c3cccc4oc5cc6ccccc6cc5c34)nc(-c3cccc4sc5ccccc5c34)n2)c([2H])c1[2H]. The van der Waals surface area contributed by atoms with E-state index in [1.165, 1.54) is 0 Å². The van der Waals surface area contributed by atoms with Crippen LogP contribution >= 0.6 is 11.3 Å². The molecule has 0 aliphatic rings. The van der Waals surface area contributed by atoms with E-state index in [0.717, 1.165) is 52.9 Å². The third-order valence-corrected chi connectivity index (χ3v) is 8.74. The Kier molecular flexibility index (Phi) is 4.07. The first kappa shape index (κ1) is 18.9. The molecule has 9 aromatic rings. The molecule has 0 fully saturated rings. The molecular weight excluding hydrogens is 534 g/mol. The van der Waals surface area contributed by atoms with Crippen LogP contribution in [-0.2, 0) is 0 Å². The summed E-state index contributed by atoms with van der Waals surface area (Å²) in [5, 5.41) is 5.87. The monoisotopic (exact) mass is 560 g/mol. The fourth-order valence-corrected chi connectivity index (χ4v) is 6.88. The third-order valence-electron chi connectivity index (χ3n) is 7.61. The predicted molar refractivity (Wildman–Crippen MR) is 174 cm³/mol. The molecule has 9 rings (SSSR count). The Hall–Kier alpha value is -5.39. The summed E-state index contributed by atoms with van der Waals surface area (Å²) in [7, 11) is 0. The van der Waals surface area contributed by atoms with Crippen molar-refractivity contribution in [1.82, 2.24) is 15.0 Å². The molecule has 0 atom stereocenters. The van der Waals surface area contributed by atoms with E-state index in [0.29, 0.717) is 22.8 Å². The summed E-state index contributed by atoms with van der Waals surface area (Å²) in [4.78, 5) is 14.7. The average Bonchev–Trinajstić information content (AvgIpc) is 3.66. The molecule has 3 heterocycles. The van der Waals surface area contributed by atoms with E-state index in [2.05, 4.69) is 30.3 Å². The van der Waals surface area contributed by atoms with Crippen LogP contribution in [0.5, 0.6) is 0 Å². The van der Waals surface area contributed by atoms with E-state index in [9.17, 15) is 0 Å². The second-order valence-corrected chi connectivity index (χ2v) is 11.1. The quantitative estimate of drug-likeness (QED) is 0.216. The Balaban J connectivity index is 1.39. The Labute approximate surface area is 251 Å². The first-order chi connectivity index (χ1) is 22.9. The molecule has 0 saturated carbocycles. The zero-order valence-corrected chi connectivity index (χ0v) is 22.7. The molecule has 6 aromatic carbocycles. The molecule has 5 heteroatoms. The number of aromatic nitrogens is 3. The van der Waals surface area contributed by atoms with Crippen molar-refractivity contribution in [3.8, 4) is 34.2 Å². The summed E-state index contributed by atoms with van der Waals surface area (Å²) < 4.78 is 50.8. The Morgan fingerprint density at radius 2 is 1.21 bits per heavy atom. The molecule has 0 amide bonds. The molecular formula is C37H21N3OS. The van der Waals surface area contributed by atoms with Crippen LogP contribution in [0.3, 0.4) is 0 Å². The van der Waals surface area contributed by atoms with E-state index in [1.807, 2.05) is 66.7 Å². The van der Waals surface area contributed by atoms with E-state index in [-0.39, 0.29) is 23.5 Å². The summed E-state index contributed by atoms with van der Waals surface area (Å²) in [6.07, 6.45) is 0. The van der Waals surface area contributed by atoms with Crippen molar-refractivity contribution in [3.05, 3.63) is 127 Å². The number of hydrogen-bond donors (Lipinski definition) is 0. The van der Waals surface area contributed by atoms with Gasteiger partial charge < -0.3 is 4.42 Å². The van der Waals surface area contributed by atoms with Gasteiger partial charge in [0.1, 0.15) is 11.2 Å². The van der Waals surface area contributed by atoms with Crippen LogP contribution in [0.4, 0.5) is 0 Å². The van der Waals surface area contributed by atoms with Crippen LogP contribution in [0.2, 0.25) is 0 Å². The summed E-state index contributed by atoms with van der Waals surface area (Å²) >= 11 is 1.67. The van der Waals surface area contributed by atoms with Crippen molar-refractivity contribution in [2.75, 3.05) is 0 Å². The van der Waals surface area contributed by atoms with Crippen molar-refractivity contribution in [2.24, 2.45) is 0 Å². The molecule has 0 bridgehead atoms.